The fraction of sp³-hybridized carbons (Fsp3) is 0.105. The average molecular weight is 380 g/mol. The van der Waals surface area contributed by atoms with Gasteiger partial charge in [-0.05, 0) is 43.3 Å². The molecule has 0 spiro atoms. The summed E-state index contributed by atoms with van der Waals surface area (Å²) in [7, 11) is 0. The number of nitro groups is 1. The summed E-state index contributed by atoms with van der Waals surface area (Å²) in [6, 6.07) is 12.6. The Kier molecular flexibility index (Phi) is 5.45. The maximum Gasteiger partial charge on any atom is 0.338 e. The number of anilines is 1. The third kappa shape index (κ3) is 4.39. The Labute approximate surface area is 159 Å². The summed E-state index contributed by atoms with van der Waals surface area (Å²) in [5.41, 5.74) is 1.69. The molecule has 3 aromatic rings. The number of rotatable bonds is 6. The van der Waals surface area contributed by atoms with E-state index in [1.165, 1.54) is 18.2 Å². The number of hydrogen-bond donors (Lipinski definition) is 1. The fourth-order valence-corrected chi connectivity index (χ4v) is 2.47. The molecule has 0 fully saturated rings. The van der Waals surface area contributed by atoms with Crippen LogP contribution in [0.2, 0.25) is 0 Å². The number of ether oxygens (including phenoxy) is 1. The molecule has 1 aromatic heterocycles. The Balaban J connectivity index is 1.56. The van der Waals surface area contributed by atoms with E-state index in [0.29, 0.717) is 5.56 Å². The number of carbonyl (C=O) groups is 2. The standard InChI is InChI=1S/C19H16N4O5/c1-13-3-6-15(11-17(13)23(26)27)21-18(24)12-28-19(25)14-4-7-16(8-5-14)22-10-2-9-20-22/h2-11H,12H2,1H3,(H,21,24). The molecule has 0 bridgehead atoms. The monoisotopic (exact) mass is 380 g/mol. The maximum atomic E-state index is 12.1. The Morgan fingerprint density at radius 1 is 1.21 bits per heavy atom. The maximum absolute atomic E-state index is 12.1. The molecule has 2 aromatic carbocycles. The Hall–Kier alpha value is -4.01. The van der Waals surface area contributed by atoms with E-state index in [2.05, 4.69) is 10.4 Å². The van der Waals surface area contributed by atoms with E-state index in [0.717, 1.165) is 5.69 Å². The minimum absolute atomic E-state index is 0.105. The zero-order valence-corrected chi connectivity index (χ0v) is 14.9. The number of nitrogens with zero attached hydrogens (tertiary/aromatic N) is 3. The zero-order valence-electron chi connectivity index (χ0n) is 14.9. The number of carbonyl (C=O) groups excluding carboxylic acids is 2. The van der Waals surface area contributed by atoms with Crippen molar-refractivity contribution in [1.82, 2.24) is 9.78 Å². The predicted octanol–water partition coefficient (Wildman–Crippen LogP) is 2.88. The van der Waals surface area contributed by atoms with Crippen LogP contribution in [0.1, 0.15) is 15.9 Å². The third-order valence-corrected chi connectivity index (χ3v) is 3.90. The van der Waals surface area contributed by atoms with Gasteiger partial charge in [0.05, 0.1) is 16.2 Å². The van der Waals surface area contributed by atoms with Gasteiger partial charge in [0.1, 0.15) is 0 Å². The van der Waals surface area contributed by atoms with Gasteiger partial charge in [-0.2, -0.15) is 5.10 Å². The van der Waals surface area contributed by atoms with Gasteiger partial charge in [-0.25, -0.2) is 9.48 Å². The van der Waals surface area contributed by atoms with Gasteiger partial charge in [-0.3, -0.25) is 14.9 Å². The Morgan fingerprint density at radius 2 is 1.96 bits per heavy atom. The van der Waals surface area contributed by atoms with Crippen molar-refractivity contribution in [1.29, 1.82) is 0 Å². The average Bonchev–Trinajstić information content (AvgIpc) is 3.22. The summed E-state index contributed by atoms with van der Waals surface area (Å²) >= 11 is 0. The van der Waals surface area contributed by atoms with Crippen LogP contribution < -0.4 is 5.32 Å². The van der Waals surface area contributed by atoms with Crippen molar-refractivity contribution < 1.29 is 19.2 Å². The second-order valence-electron chi connectivity index (χ2n) is 5.88. The lowest BCUT2D eigenvalue weighted by molar-refractivity contribution is -0.385. The molecule has 0 saturated carbocycles. The number of esters is 1. The Bertz CT molecular complexity index is 1010. The van der Waals surface area contributed by atoms with Crippen molar-refractivity contribution in [2.75, 3.05) is 11.9 Å². The molecule has 0 saturated heterocycles. The molecule has 9 nitrogen and oxygen atoms in total. The van der Waals surface area contributed by atoms with Gasteiger partial charge in [-0.15, -0.1) is 0 Å². The normalized spacial score (nSPS) is 10.3. The van der Waals surface area contributed by atoms with Gasteiger partial charge in [-0.1, -0.05) is 6.07 Å². The van der Waals surface area contributed by atoms with E-state index in [1.807, 2.05) is 0 Å². The minimum atomic E-state index is -0.656. The van der Waals surface area contributed by atoms with Crippen molar-refractivity contribution in [3.63, 3.8) is 0 Å². The Morgan fingerprint density at radius 3 is 2.61 bits per heavy atom. The highest BCUT2D eigenvalue weighted by Gasteiger charge is 2.14. The van der Waals surface area contributed by atoms with Gasteiger partial charge in [0.15, 0.2) is 6.61 Å². The number of aryl methyl sites for hydroxylation is 1. The summed E-state index contributed by atoms with van der Waals surface area (Å²) in [6.07, 6.45) is 3.41. The number of nitro benzene ring substituents is 1. The van der Waals surface area contributed by atoms with Crippen molar-refractivity contribution in [3.05, 3.63) is 82.2 Å². The van der Waals surface area contributed by atoms with Crippen LogP contribution in [-0.2, 0) is 9.53 Å². The number of nitrogens with one attached hydrogen (secondary N) is 1. The van der Waals surface area contributed by atoms with Crippen molar-refractivity contribution in [2.45, 2.75) is 6.92 Å². The zero-order chi connectivity index (χ0) is 20.1. The number of benzene rings is 2. The highest BCUT2D eigenvalue weighted by Crippen LogP contribution is 2.22. The first-order valence-electron chi connectivity index (χ1n) is 8.26. The van der Waals surface area contributed by atoms with Crippen molar-refractivity contribution in [3.8, 4) is 5.69 Å². The fourth-order valence-electron chi connectivity index (χ4n) is 2.47. The minimum Gasteiger partial charge on any atom is -0.452 e. The lowest BCUT2D eigenvalue weighted by atomic mass is 10.2. The van der Waals surface area contributed by atoms with Crippen LogP contribution in [0.3, 0.4) is 0 Å². The van der Waals surface area contributed by atoms with Crippen LogP contribution in [0.15, 0.2) is 60.9 Å². The largest absolute Gasteiger partial charge is 0.452 e. The van der Waals surface area contributed by atoms with Gasteiger partial charge in [0, 0.05) is 29.7 Å². The van der Waals surface area contributed by atoms with Gasteiger partial charge in [0.25, 0.3) is 11.6 Å². The molecule has 0 aliphatic rings. The molecule has 0 aliphatic heterocycles. The van der Waals surface area contributed by atoms with Gasteiger partial charge >= 0.3 is 5.97 Å². The molecule has 0 aliphatic carbocycles. The van der Waals surface area contributed by atoms with Gasteiger partial charge in [0.2, 0.25) is 0 Å². The summed E-state index contributed by atoms with van der Waals surface area (Å²) in [5.74, 6) is -1.25. The molecular weight excluding hydrogens is 364 g/mol. The first kappa shape index (κ1) is 18.8. The van der Waals surface area contributed by atoms with Crippen LogP contribution in [0.4, 0.5) is 11.4 Å². The summed E-state index contributed by atoms with van der Waals surface area (Å²) < 4.78 is 6.63. The van der Waals surface area contributed by atoms with E-state index in [9.17, 15) is 19.7 Å². The molecule has 0 atom stereocenters. The van der Waals surface area contributed by atoms with Crippen LogP contribution >= 0.6 is 0 Å². The van der Waals surface area contributed by atoms with Crippen LogP contribution in [-0.4, -0.2) is 33.2 Å². The lowest BCUT2D eigenvalue weighted by Crippen LogP contribution is -2.21. The second-order valence-corrected chi connectivity index (χ2v) is 5.88. The topological polar surface area (TPSA) is 116 Å². The van der Waals surface area contributed by atoms with Gasteiger partial charge < -0.3 is 10.1 Å². The number of amides is 1. The molecule has 142 valence electrons. The lowest BCUT2D eigenvalue weighted by Gasteiger charge is -2.08. The SMILES string of the molecule is Cc1ccc(NC(=O)COC(=O)c2ccc(-n3cccn3)cc2)cc1[N+](=O)[O-]. The molecule has 1 amide bonds. The highest BCUT2D eigenvalue weighted by molar-refractivity contribution is 5.95. The predicted molar refractivity (Wildman–Crippen MR) is 100 cm³/mol. The smallest absolute Gasteiger partial charge is 0.338 e. The first-order chi connectivity index (χ1) is 13.4. The van der Waals surface area contributed by atoms with E-state index >= 15 is 0 Å². The molecule has 9 heteroatoms. The summed E-state index contributed by atoms with van der Waals surface area (Å²) in [4.78, 5) is 34.4. The van der Waals surface area contributed by atoms with E-state index in [1.54, 1.807) is 54.3 Å². The molecule has 0 radical (unpaired) electrons. The molecular formula is C19H16N4O5. The van der Waals surface area contributed by atoms with Crippen LogP contribution in [0.25, 0.3) is 5.69 Å². The molecule has 28 heavy (non-hydrogen) atoms. The highest BCUT2D eigenvalue weighted by atomic mass is 16.6. The molecule has 0 unspecified atom stereocenters. The quantitative estimate of drug-likeness (QED) is 0.399. The molecule has 1 N–H and O–H groups in total. The van der Waals surface area contributed by atoms with Crippen LogP contribution in [0, 0.1) is 17.0 Å². The number of hydrogen-bond acceptors (Lipinski definition) is 6. The number of aromatic nitrogens is 2. The summed E-state index contributed by atoms with van der Waals surface area (Å²) in [5, 5.41) is 17.5. The molecule has 1 heterocycles. The second kappa shape index (κ2) is 8.12. The van der Waals surface area contributed by atoms with E-state index in [4.69, 9.17) is 4.74 Å². The summed E-state index contributed by atoms with van der Waals surface area (Å²) in [6.45, 7) is 1.09. The first-order valence-corrected chi connectivity index (χ1v) is 8.26. The third-order valence-electron chi connectivity index (χ3n) is 3.90. The van der Waals surface area contributed by atoms with E-state index in [-0.39, 0.29) is 16.9 Å². The van der Waals surface area contributed by atoms with E-state index < -0.39 is 23.4 Å². The van der Waals surface area contributed by atoms with Crippen molar-refractivity contribution >= 4 is 23.3 Å². The van der Waals surface area contributed by atoms with Crippen molar-refractivity contribution in [2.24, 2.45) is 0 Å². The van der Waals surface area contributed by atoms with Crippen LogP contribution in [0.5, 0.6) is 0 Å². The molecule has 3 rings (SSSR count).